The number of nitrogens with zero attached hydrogens (tertiary/aromatic N) is 3. The molecule has 0 unspecified atom stereocenters. The van der Waals surface area contributed by atoms with Gasteiger partial charge in [-0.1, -0.05) is 25.0 Å². The highest BCUT2D eigenvalue weighted by Crippen LogP contribution is 2.41. The fourth-order valence-corrected chi connectivity index (χ4v) is 6.57. The number of piperidine rings is 1. The van der Waals surface area contributed by atoms with Crippen LogP contribution in [0.2, 0.25) is 0 Å². The minimum absolute atomic E-state index is 0.274. The lowest BCUT2D eigenvalue weighted by Crippen LogP contribution is -2.56. The summed E-state index contributed by atoms with van der Waals surface area (Å²) in [5.41, 5.74) is 3.99. The Labute approximate surface area is 213 Å². The van der Waals surface area contributed by atoms with E-state index in [-0.39, 0.29) is 5.75 Å². The number of benzene rings is 2. The molecule has 2 aromatic carbocycles. The van der Waals surface area contributed by atoms with E-state index in [0.717, 1.165) is 41.4 Å². The van der Waals surface area contributed by atoms with E-state index in [9.17, 15) is 5.11 Å². The summed E-state index contributed by atoms with van der Waals surface area (Å²) in [6.45, 7) is 1.12. The molecule has 6 nitrogen and oxygen atoms in total. The average Bonchev–Trinajstić information content (AvgIpc) is 3.51. The van der Waals surface area contributed by atoms with Crippen molar-refractivity contribution in [1.29, 1.82) is 5.26 Å². The fourth-order valence-electron chi connectivity index (χ4n) is 6.57. The normalized spacial score (nSPS) is 27.1. The molecule has 3 N–H and O–H groups in total. The molecular formula is C30H33N5O. The van der Waals surface area contributed by atoms with Crippen LogP contribution < -0.4 is 15.5 Å². The summed E-state index contributed by atoms with van der Waals surface area (Å²) in [4.78, 5) is 7.17. The topological polar surface area (TPSA) is 84.2 Å². The first-order valence-electron chi connectivity index (χ1n) is 13.2. The summed E-state index contributed by atoms with van der Waals surface area (Å²) in [7, 11) is 0. The van der Waals surface area contributed by atoms with Crippen LogP contribution in [0, 0.1) is 17.2 Å². The van der Waals surface area contributed by atoms with Gasteiger partial charge in [-0.15, -0.1) is 0 Å². The number of rotatable bonds is 6. The maximum atomic E-state index is 9.88. The lowest BCUT2D eigenvalue weighted by Gasteiger charge is -2.41. The van der Waals surface area contributed by atoms with Crippen LogP contribution in [-0.2, 0) is 0 Å². The van der Waals surface area contributed by atoms with E-state index in [4.69, 9.17) is 5.26 Å². The first-order valence-corrected chi connectivity index (χ1v) is 13.2. The lowest BCUT2D eigenvalue weighted by molar-refractivity contribution is 0.289. The molecule has 2 saturated carbocycles. The number of fused-ring (bicyclic) bond motifs is 2. The Morgan fingerprint density at radius 2 is 1.72 bits per heavy atom. The van der Waals surface area contributed by atoms with E-state index >= 15 is 0 Å². The number of phenolic OH excluding ortho intramolecular Hbond substituents is 1. The van der Waals surface area contributed by atoms with Crippen molar-refractivity contribution in [2.24, 2.45) is 5.92 Å². The van der Waals surface area contributed by atoms with Crippen molar-refractivity contribution < 1.29 is 5.11 Å². The van der Waals surface area contributed by atoms with Crippen LogP contribution >= 0.6 is 0 Å². The molecule has 1 aliphatic heterocycles. The molecule has 3 fully saturated rings. The zero-order valence-electron chi connectivity index (χ0n) is 20.5. The molecular weight excluding hydrogens is 446 g/mol. The number of phenols is 1. The van der Waals surface area contributed by atoms with Crippen molar-refractivity contribution in [3.8, 4) is 22.9 Å². The molecule has 1 saturated heterocycles. The van der Waals surface area contributed by atoms with E-state index in [1.165, 1.54) is 37.8 Å². The molecule has 184 valence electrons. The van der Waals surface area contributed by atoms with Crippen LogP contribution in [0.25, 0.3) is 11.1 Å². The Morgan fingerprint density at radius 1 is 0.917 bits per heavy atom. The summed E-state index contributed by atoms with van der Waals surface area (Å²) in [5, 5.41) is 26.9. The maximum Gasteiger partial charge on any atom is 0.126 e. The van der Waals surface area contributed by atoms with Gasteiger partial charge in [0, 0.05) is 42.6 Å². The molecule has 36 heavy (non-hydrogen) atoms. The van der Waals surface area contributed by atoms with Crippen LogP contribution in [0.4, 0.5) is 11.5 Å². The van der Waals surface area contributed by atoms with E-state index in [1.54, 1.807) is 12.1 Å². The SMILES string of the molecule is N#Cc1ccc(N2C[C@@H]3C[C@H](N[C@@H]4CCCC[C@H]4Nc4cc(-c5cccc(O)c5)ccn4)[C@H]2C3)cc1. The fraction of sp³-hybridized carbons (Fsp3) is 0.400. The van der Waals surface area contributed by atoms with E-state index in [1.807, 2.05) is 36.5 Å². The van der Waals surface area contributed by atoms with Crippen molar-refractivity contribution in [1.82, 2.24) is 10.3 Å². The van der Waals surface area contributed by atoms with Crippen LogP contribution in [0.1, 0.15) is 44.1 Å². The van der Waals surface area contributed by atoms with Gasteiger partial charge in [0.25, 0.3) is 0 Å². The number of nitrogens with one attached hydrogen (secondary N) is 2. The van der Waals surface area contributed by atoms with Crippen LogP contribution in [0.15, 0.2) is 66.9 Å². The molecule has 3 aliphatic rings. The van der Waals surface area contributed by atoms with Gasteiger partial charge in [-0.25, -0.2) is 4.98 Å². The van der Waals surface area contributed by atoms with Crippen molar-refractivity contribution in [3.63, 3.8) is 0 Å². The molecule has 0 spiro atoms. The summed E-state index contributed by atoms with van der Waals surface area (Å²) < 4.78 is 0. The Balaban J connectivity index is 1.15. The van der Waals surface area contributed by atoms with Gasteiger partial charge in [-0.2, -0.15) is 5.26 Å². The summed E-state index contributed by atoms with van der Waals surface area (Å²) >= 11 is 0. The third kappa shape index (κ3) is 4.64. The van der Waals surface area contributed by atoms with E-state index in [0.29, 0.717) is 24.2 Å². The van der Waals surface area contributed by atoms with Gasteiger partial charge in [-0.3, -0.25) is 0 Å². The van der Waals surface area contributed by atoms with Gasteiger partial charge >= 0.3 is 0 Å². The third-order valence-electron chi connectivity index (χ3n) is 8.28. The number of anilines is 2. The predicted molar refractivity (Wildman–Crippen MR) is 143 cm³/mol. The van der Waals surface area contributed by atoms with E-state index < -0.39 is 0 Å². The molecule has 2 heterocycles. The number of pyridine rings is 1. The van der Waals surface area contributed by atoms with Crippen LogP contribution in [-0.4, -0.2) is 40.8 Å². The number of nitriles is 1. The first-order chi connectivity index (χ1) is 17.7. The zero-order chi connectivity index (χ0) is 24.5. The van der Waals surface area contributed by atoms with Gasteiger partial charge < -0.3 is 20.6 Å². The third-order valence-corrected chi connectivity index (χ3v) is 8.28. The van der Waals surface area contributed by atoms with Crippen LogP contribution in [0.3, 0.4) is 0 Å². The van der Waals surface area contributed by atoms with Gasteiger partial charge in [0.2, 0.25) is 0 Å². The van der Waals surface area contributed by atoms with Crippen molar-refractivity contribution >= 4 is 11.5 Å². The number of aromatic nitrogens is 1. The molecule has 5 atom stereocenters. The molecule has 3 aromatic rings. The molecule has 1 aromatic heterocycles. The molecule has 0 radical (unpaired) electrons. The predicted octanol–water partition coefficient (Wildman–Crippen LogP) is 5.31. The van der Waals surface area contributed by atoms with Gasteiger partial charge in [-0.05, 0) is 91.3 Å². The first kappa shape index (κ1) is 22.9. The molecule has 6 rings (SSSR count). The highest BCUT2D eigenvalue weighted by molar-refractivity contribution is 5.67. The zero-order valence-corrected chi connectivity index (χ0v) is 20.5. The van der Waals surface area contributed by atoms with Crippen LogP contribution in [0.5, 0.6) is 5.75 Å². The van der Waals surface area contributed by atoms with Gasteiger partial charge in [0.1, 0.15) is 11.6 Å². The smallest absolute Gasteiger partial charge is 0.126 e. The summed E-state index contributed by atoms with van der Waals surface area (Å²) in [5.74, 6) is 1.90. The van der Waals surface area contributed by atoms with Gasteiger partial charge in [0.05, 0.1) is 11.6 Å². The molecule has 2 aliphatic carbocycles. The molecule has 0 amide bonds. The van der Waals surface area contributed by atoms with Crippen molar-refractivity contribution in [3.05, 3.63) is 72.4 Å². The summed E-state index contributed by atoms with van der Waals surface area (Å²) in [6.07, 6.45) is 9.13. The Bertz CT molecular complexity index is 1250. The highest BCUT2D eigenvalue weighted by atomic mass is 16.3. The highest BCUT2D eigenvalue weighted by Gasteiger charge is 2.46. The standard InChI is InChI=1S/C30H33N5O/c31-18-20-8-10-24(11-9-20)35-19-21-14-28(29(35)15-21)33-26-6-1-2-7-27(26)34-30-17-23(12-13-32-30)22-4-3-5-25(36)16-22/h3-5,8-13,16-17,21,26-29,33,36H,1-2,6-7,14-15,19H2,(H,32,34)/t21-,26-,27-,28+,29-/m1/s1. The second-order valence-electron chi connectivity index (χ2n) is 10.6. The second kappa shape index (κ2) is 9.83. The van der Waals surface area contributed by atoms with Crippen molar-refractivity contribution in [2.75, 3.05) is 16.8 Å². The van der Waals surface area contributed by atoms with Crippen molar-refractivity contribution in [2.45, 2.75) is 62.7 Å². The molecule has 2 bridgehead atoms. The maximum absolute atomic E-state index is 9.88. The Hall–Kier alpha value is -3.56. The average molecular weight is 480 g/mol. The Morgan fingerprint density at radius 3 is 2.50 bits per heavy atom. The Kier molecular flexibility index (Phi) is 6.25. The van der Waals surface area contributed by atoms with E-state index in [2.05, 4.69) is 44.8 Å². The summed E-state index contributed by atoms with van der Waals surface area (Å²) in [6, 6.07) is 23.5. The number of aromatic hydroxyl groups is 1. The minimum atomic E-state index is 0.274. The second-order valence-corrected chi connectivity index (χ2v) is 10.6. The number of hydrogen-bond acceptors (Lipinski definition) is 6. The quantitative estimate of drug-likeness (QED) is 0.445. The lowest BCUT2D eigenvalue weighted by atomic mass is 9.89. The number of hydrogen-bond donors (Lipinski definition) is 3. The molecule has 6 heteroatoms. The van der Waals surface area contributed by atoms with Gasteiger partial charge in [0.15, 0.2) is 0 Å². The monoisotopic (exact) mass is 479 g/mol. The largest absolute Gasteiger partial charge is 0.508 e. The minimum Gasteiger partial charge on any atom is -0.508 e.